The quantitative estimate of drug-likeness (QED) is 0.174. The third-order valence-electron chi connectivity index (χ3n) is 6.91. The van der Waals surface area contributed by atoms with Gasteiger partial charge in [0, 0.05) is 51.5 Å². The summed E-state index contributed by atoms with van der Waals surface area (Å²) in [6, 6.07) is 19.8. The highest BCUT2D eigenvalue weighted by Crippen LogP contribution is 2.37. The molecule has 3 heterocycles. The molecule has 1 aromatic heterocycles. The number of hydrogen-bond acceptors (Lipinski definition) is 10. The molecule has 10 heteroatoms. The van der Waals surface area contributed by atoms with Gasteiger partial charge >= 0.3 is 0 Å². The van der Waals surface area contributed by atoms with Crippen LogP contribution in [0, 0.1) is 0 Å². The molecule has 234 valence electrons. The first kappa shape index (κ1) is 29.8. The van der Waals surface area contributed by atoms with Crippen molar-refractivity contribution in [1.29, 1.82) is 0 Å². The summed E-state index contributed by atoms with van der Waals surface area (Å²) in [4.78, 5) is 13.6. The number of ether oxygens (including phenoxy) is 8. The summed E-state index contributed by atoms with van der Waals surface area (Å²) in [7, 11) is 1.57. The second-order valence-corrected chi connectivity index (χ2v) is 11.4. The van der Waals surface area contributed by atoms with E-state index in [0.29, 0.717) is 46.7 Å². The minimum Gasteiger partial charge on any atom is -0.493 e. The van der Waals surface area contributed by atoms with Crippen LogP contribution in [0.5, 0.6) is 23.0 Å². The van der Waals surface area contributed by atoms with Crippen LogP contribution in [-0.4, -0.2) is 31.9 Å². The van der Waals surface area contributed by atoms with Crippen LogP contribution in [0.2, 0.25) is 0 Å². The van der Waals surface area contributed by atoms with E-state index in [0.717, 1.165) is 5.56 Å². The molecule has 0 N–H and O–H groups in total. The lowest BCUT2D eigenvalue weighted by Crippen LogP contribution is -2.21. The zero-order valence-corrected chi connectivity index (χ0v) is 25.7. The Morgan fingerprint density at radius 2 is 1.36 bits per heavy atom. The van der Waals surface area contributed by atoms with E-state index in [4.69, 9.17) is 42.3 Å². The minimum atomic E-state index is -0.799. The van der Waals surface area contributed by atoms with Gasteiger partial charge in [-0.2, -0.15) is 0 Å². The van der Waals surface area contributed by atoms with Crippen LogP contribution in [0.1, 0.15) is 33.3 Å². The van der Waals surface area contributed by atoms with Crippen molar-refractivity contribution in [2.24, 2.45) is 0 Å². The monoisotopic (exact) mass is 614 g/mol. The Kier molecular flexibility index (Phi) is 7.97. The zero-order chi connectivity index (χ0) is 31.6. The van der Waals surface area contributed by atoms with Gasteiger partial charge in [0.2, 0.25) is 11.6 Å². The summed E-state index contributed by atoms with van der Waals surface area (Å²) < 4.78 is 52.5. The van der Waals surface area contributed by atoms with Gasteiger partial charge < -0.3 is 42.3 Å². The van der Waals surface area contributed by atoms with Gasteiger partial charge in [0.15, 0.2) is 28.4 Å². The molecule has 0 unspecified atom stereocenters. The van der Waals surface area contributed by atoms with Crippen LogP contribution in [0.3, 0.4) is 0 Å². The third kappa shape index (κ3) is 6.95. The molecule has 4 aromatic rings. The standard InChI is InChI=1S/C35H34O10/c1-34(2)41-20-25(44-34)18-38-24-14-31(40-19-26-21-42-35(3,4)45-26)33-27(36)16-29(43-32(33)15-24)23-11-12-28(37-5)30(13-23)39-17-22-9-7-6-8-10-22/h6-16,20-21H,17-19H2,1-5H3. The fourth-order valence-corrected chi connectivity index (χ4v) is 4.82. The summed E-state index contributed by atoms with van der Waals surface area (Å²) in [6.07, 6.45) is 3.01. The van der Waals surface area contributed by atoms with Crippen LogP contribution in [0.4, 0.5) is 0 Å². The summed E-state index contributed by atoms with van der Waals surface area (Å²) >= 11 is 0. The van der Waals surface area contributed by atoms with E-state index in [2.05, 4.69) is 0 Å². The predicted molar refractivity (Wildman–Crippen MR) is 165 cm³/mol. The fraction of sp³-hybridized carbons (Fsp3) is 0.286. The van der Waals surface area contributed by atoms with Gasteiger partial charge in [-0.15, -0.1) is 0 Å². The van der Waals surface area contributed by atoms with Gasteiger partial charge in [-0.25, -0.2) is 0 Å². The Labute approximate surface area is 260 Å². The number of rotatable bonds is 11. The van der Waals surface area contributed by atoms with Crippen molar-refractivity contribution in [1.82, 2.24) is 0 Å². The first-order chi connectivity index (χ1) is 21.6. The van der Waals surface area contributed by atoms with Crippen LogP contribution < -0.4 is 24.4 Å². The largest absolute Gasteiger partial charge is 0.493 e. The highest BCUT2D eigenvalue weighted by molar-refractivity contribution is 5.86. The molecule has 10 nitrogen and oxygen atoms in total. The molecule has 0 fully saturated rings. The van der Waals surface area contributed by atoms with Gasteiger partial charge in [-0.05, 0) is 23.8 Å². The van der Waals surface area contributed by atoms with E-state index in [-0.39, 0.29) is 35.4 Å². The molecule has 2 aliphatic rings. The molecule has 6 rings (SSSR count). The average molecular weight is 615 g/mol. The molecule has 0 bridgehead atoms. The lowest BCUT2D eigenvalue weighted by molar-refractivity contribution is -0.119. The molecule has 0 atom stereocenters. The smallest absolute Gasteiger partial charge is 0.244 e. The number of methoxy groups -OCH3 is 1. The second-order valence-electron chi connectivity index (χ2n) is 11.4. The van der Waals surface area contributed by atoms with Crippen LogP contribution in [-0.2, 0) is 25.6 Å². The van der Waals surface area contributed by atoms with Gasteiger partial charge in [0.05, 0.1) is 7.11 Å². The first-order valence-electron chi connectivity index (χ1n) is 14.4. The van der Waals surface area contributed by atoms with Gasteiger partial charge in [0.1, 0.15) is 60.6 Å². The molecule has 3 aromatic carbocycles. The van der Waals surface area contributed by atoms with E-state index in [1.54, 1.807) is 65.1 Å². The summed E-state index contributed by atoms with van der Waals surface area (Å²) in [5.41, 5.74) is 1.60. The molecular weight excluding hydrogens is 580 g/mol. The molecule has 0 radical (unpaired) electrons. The Morgan fingerprint density at radius 1 is 0.689 bits per heavy atom. The Hall–Kier alpha value is -5.25. The lowest BCUT2D eigenvalue weighted by Gasteiger charge is -2.19. The lowest BCUT2D eigenvalue weighted by atomic mass is 10.1. The summed E-state index contributed by atoms with van der Waals surface area (Å²) in [6.45, 7) is 7.65. The predicted octanol–water partition coefficient (Wildman–Crippen LogP) is 7.05. The van der Waals surface area contributed by atoms with E-state index >= 15 is 0 Å². The normalized spacial score (nSPS) is 16.0. The molecule has 2 aliphatic heterocycles. The SMILES string of the molecule is COc1ccc(-c2cc(=O)c3c(OCC4=COC(C)(C)O4)cc(OCC4=COC(C)(C)O4)cc3o2)cc1OCc1ccccc1. The average Bonchev–Trinajstić information content (AvgIpc) is 3.56. The second kappa shape index (κ2) is 12.0. The molecule has 0 saturated carbocycles. The van der Waals surface area contributed by atoms with Crippen molar-refractivity contribution in [2.75, 3.05) is 20.3 Å². The maximum Gasteiger partial charge on any atom is 0.244 e. The van der Waals surface area contributed by atoms with Crippen LogP contribution in [0.15, 0.2) is 100.0 Å². The van der Waals surface area contributed by atoms with Crippen LogP contribution in [0.25, 0.3) is 22.3 Å². The Bertz CT molecular complexity index is 1820. The van der Waals surface area contributed by atoms with E-state index < -0.39 is 11.6 Å². The molecule has 45 heavy (non-hydrogen) atoms. The van der Waals surface area contributed by atoms with Gasteiger partial charge in [-0.1, -0.05) is 30.3 Å². The maximum atomic E-state index is 13.6. The Balaban J connectivity index is 1.32. The van der Waals surface area contributed by atoms with E-state index in [1.807, 2.05) is 30.3 Å². The zero-order valence-electron chi connectivity index (χ0n) is 25.7. The maximum absolute atomic E-state index is 13.6. The minimum absolute atomic E-state index is 0.0278. The number of fused-ring (bicyclic) bond motifs is 1. The molecule has 0 amide bonds. The number of benzene rings is 3. The van der Waals surface area contributed by atoms with Crippen molar-refractivity contribution >= 4 is 11.0 Å². The van der Waals surface area contributed by atoms with Crippen molar-refractivity contribution in [3.8, 4) is 34.3 Å². The van der Waals surface area contributed by atoms with E-state index in [1.165, 1.54) is 18.6 Å². The van der Waals surface area contributed by atoms with Gasteiger partial charge in [0.25, 0.3) is 0 Å². The molecule has 0 spiro atoms. The van der Waals surface area contributed by atoms with Gasteiger partial charge in [-0.3, -0.25) is 4.79 Å². The van der Waals surface area contributed by atoms with E-state index in [9.17, 15) is 4.79 Å². The topological polar surface area (TPSA) is 104 Å². The first-order valence-corrected chi connectivity index (χ1v) is 14.4. The molecule has 0 saturated heterocycles. The van der Waals surface area contributed by atoms with Crippen LogP contribution >= 0.6 is 0 Å². The van der Waals surface area contributed by atoms with Crippen molar-refractivity contribution in [3.63, 3.8) is 0 Å². The fourth-order valence-electron chi connectivity index (χ4n) is 4.82. The highest BCUT2D eigenvalue weighted by Gasteiger charge is 2.29. The number of hydrogen-bond donors (Lipinski definition) is 0. The highest BCUT2D eigenvalue weighted by atomic mass is 16.7. The van der Waals surface area contributed by atoms with Crippen molar-refractivity contribution in [2.45, 2.75) is 45.9 Å². The molecular formula is C35H34O10. The van der Waals surface area contributed by atoms with Crippen molar-refractivity contribution < 1.29 is 42.3 Å². The third-order valence-corrected chi connectivity index (χ3v) is 6.91. The molecule has 0 aliphatic carbocycles. The summed E-state index contributed by atoms with van der Waals surface area (Å²) in [5.74, 6) is 1.47. The summed E-state index contributed by atoms with van der Waals surface area (Å²) in [5, 5.41) is 0.250. The van der Waals surface area contributed by atoms with Crippen molar-refractivity contribution in [3.05, 3.63) is 107 Å². The Morgan fingerprint density at radius 3 is 2.00 bits per heavy atom.